The smallest absolute Gasteiger partial charge is 0.352 e. The summed E-state index contributed by atoms with van der Waals surface area (Å²) in [4.78, 5) is 16.0. The molecule has 0 aliphatic heterocycles. The van der Waals surface area contributed by atoms with Crippen LogP contribution in [0.1, 0.15) is 29.8 Å². The third kappa shape index (κ3) is 5.35. The fourth-order valence-electron chi connectivity index (χ4n) is 2.05. The van der Waals surface area contributed by atoms with Crippen LogP contribution in [0.3, 0.4) is 0 Å². The highest BCUT2D eigenvalue weighted by Crippen LogP contribution is 2.33. The van der Waals surface area contributed by atoms with E-state index in [9.17, 15) is 18.0 Å². The van der Waals surface area contributed by atoms with Crippen LogP contribution in [0.4, 0.5) is 24.7 Å². The van der Waals surface area contributed by atoms with E-state index in [0.29, 0.717) is 10.7 Å². The summed E-state index contributed by atoms with van der Waals surface area (Å²) in [5.41, 5.74) is -1.07. The molecule has 0 saturated heterocycles. The van der Waals surface area contributed by atoms with Crippen LogP contribution in [0.15, 0.2) is 36.5 Å². The molecule has 4 nitrogen and oxygen atoms in total. The van der Waals surface area contributed by atoms with E-state index in [1.165, 1.54) is 0 Å². The molecule has 0 fully saturated rings. The van der Waals surface area contributed by atoms with Gasteiger partial charge in [0, 0.05) is 23.5 Å². The van der Waals surface area contributed by atoms with Gasteiger partial charge >= 0.3 is 6.18 Å². The molecular formula is C17H17ClF3N3O. The molecule has 0 aliphatic rings. The van der Waals surface area contributed by atoms with E-state index in [0.717, 1.165) is 12.3 Å². The van der Waals surface area contributed by atoms with Crippen molar-refractivity contribution in [3.05, 3.63) is 52.7 Å². The average Bonchev–Trinajstić information content (AvgIpc) is 2.51. The Morgan fingerprint density at radius 3 is 2.60 bits per heavy atom. The van der Waals surface area contributed by atoms with Crippen molar-refractivity contribution in [2.45, 2.75) is 20.0 Å². The van der Waals surface area contributed by atoms with Gasteiger partial charge in [0.25, 0.3) is 5.91 Å². The number of aromatic nitrogens is 1. The Kier molecular flexibility index (Phi) is 5.89. The molecule has 2 rings (SSSR count). The number of nitrogens with one attached hydrogen (secondary N) is 2. The zero-order chi connectivity index (χ0) is 18.6. The van der Waals surface area contributed by atoms with Gasteiger partial charge in [-0.25, -0.2) is 4.98 Å². The number of anilines is 2. The molecule has 8 heteroatoms. The Balaban J connectivity index is 2.32. The number of halogens is 4. The number of hydrogen-bond acceptors (Lipinski definition) is 3. The molecule has 0 bridgehead atoms. The number of rotatable bonds is 5. The molecule has 0 atom stereocenters. The molecule has 1 amide bonds. The van der Waals surface area contributed by atoms with Crippen LogP contribution in [0.2, 0.25) is 5.02 Å². The molecule has 1 aromatic heterocycles. The van der Waals surface area contributed by atoms with E-state index >= 15 is 0 Å². The summed E-state index contributed by atoms with van der Waals surface area (Å²) in [6.07, 6.45) is -3.76. The number of nitrogens with zero attached hydrogens (tertiary/aromatic N) is 1. The van der Waals surface area contributed by atoms with E-state index in [1.807, 2.05) is 13.8 Å². The Labute approximate surface area is 148 Å². The molecule has 0 unspecified atom stereocenters. The molecule has 0 radical (unpaired) electrons. The molecule has 1 heterocycles. The number of hydrogen-bond donors (Lipinski definition) is 2. The Morgan fingerprint density at radius 1 is 1.28 bits per heavy atom. The fourth-order valence-corrected chi connectivity index (χ4v) is 2.24. The third-order valence-electron chi connectivity index (χ3n) is 3.22. The second-order valence-corrected chi connectivity index (χ2v) is 6.29. The number of benzene rings is 1. The monoisotopic (exact) mass is 371 g/mol. The SMILES string of the molecule is CC(C)CNC(=O)c1cnc(Nc2cccc(Cl)c2)cc1C(F)(F)F. The predicted octanol–water partition coefficient (Wildman–Crippen LogP) is 4.88. The van der Waals surface area contributed by atoms with E-state index in [2.05, 4.69) is 15.6 Å². The number of pyridine rings is 1. The highest BCUT2D eigenvalue weighted by molar-refractivity contribution is 6.30. The first kappa shape index (κ1) is 19.1. The molecule has 1 aromatic carbocycles. The van der Waals surface area contributed by atoms with Gasteiger partial charge < -0.3 is 10.6 Å². The van der Waals surface area contributed by atoms with Gasteiger partial charge in [-0.2, -0.15) is 13.2 Å². The van der Waals surface area contributed by atoms with Crippen molar-refractivity contribution in [2.24, 2.45) is 5.92 Å². The first-order chi connectivity index (χ1) is 11.7. The molecule has 2 aromatic rings. The highest BCUT2D eigenvalue weighted by atomic mass is 35.5. The number of amides is 1. The normalized spacial score (nSPS) is 11.5. The zero-order valence-corrected chi connectivity index (χ0v) is 14.4. The fraction of sp³-hybridized carbons (Fsp3) is 0.294. The van der Waals surface area contributed by atoms with Crippen molar-refractivity contribution in [2.75, 3.05) is 11.9 Å². The van der Waals surface area contributed by atoms with Crippen molar-refractivity contribution in [1.29, 1.82) is 0 Å². The van der Waals surface area contributed by atoms with Crippen molar-refractivity contribution in [3.8, 4) is 0 Å². The summed E-state index contributed by atoms with van der Waals surface area (Å²) in [7, 11) is 0. The minimum atomic E-state index is -4.68. The van der Waals surface area contributed by atoms with E-state index in [4.69, 9.17) is 11.6 Å². The molecule has 0 aliphatic carbocycles. The van der Waals surface area contributed by atoms with Crippen LogP contribution in [0.5, 0.6) is 0 Å². The minimum absolute atomic E-state index is 0.0324. The van der Waals surface area contributed by atoms with Gasteiger partial charge in [-0.1, -0.05) is 31.5 Å². The maximum Gasteiger partial charge on any atom is 0.417 e. The first-order valence-electron chi connectivity index (χ1n) is 7.55. The van der Waals surface area contributed by atoms with Crippen molar-refractivity contribution in [1.82, 2.24) is 10.3 Å². The lowest BCUT2D eigenvalue weighted by Crippen LogP contribution is -2.29. The van der Waals surface area contributed by atoms with Gasteiger partial charge in [-0.3, -0.25) is 4.79 Å². The Morgan fingerprint density at radius 2 is 2.00 bits per heavy atom. The molecule has 2 N–H and O–H groups in total. The third-order valence-corrected chi connectivity index (χ3v) is 3.46. The average molecular weight is 372 g/mol. The number of carbonyl (C=O) groups excluding carboxylic acids is 1. The molecule has 134 valence electrons. The predicted molar refractivity (Wildman–Crippen MR) is 91.1 cm³/mol. The van der Waals surface area contributed by atoms with Gasteiger partial charge in [0.15, 0.2) is 0 Å². The number of alkyl halides is 3. The second kappa shape index (κ2) is 7.74. The van der Waals surface area contributed by atoms with Crippen LogP contribution in [0.25, 0.3) is 0 Å². The van der Waals surface area contributed by atoms with E-state index in [1.54, 1.807) is 24.3 Å². The van der Waals surface area contributed by atoms with Crippen LogP contribution >= 0.6 is 11.6 Å². The lowest BCUT2D eigenvalue weighted by Gasteiger charge is -2.15. The molecular weight excluding hydrogens is 355 g/mol. The standard InChI is InChI=1S/C17H17ClF3N3O/c1-10(2)8-23-16(25)13-9-22-15(7-14(13)17(19,20)21)24-12-5-3-4-11(18)6-12/h3-7,9-10H,8H2,1-2H3,(H,22,24)(H,23,25). The number of carbonyl (C=O) groups is 1. The second-order valence-electron chi connectivity index (χ2n) is 5.85. The van der Waals surface area contributed by atoms with Gasteiger partial charge in [0.1, 0.15) is 5.82 Å². The first-order valence-corrected chi connectivity index (χ1v) is 7.92. The molecule has 25 heavy (non-hydrogen) atoms. The van der Waals surface area contributed by atoms with Crippen LogP contribution < -0.4 is 10.6 Å². The van der Waals surface area contributed by atoms with Crippen molar-refractivity contribution >= 4 is 29.0 Å². The summed E-state index contributed by atoms with van der Waals surface area (Å²) in [5.74, 6) is -0.715. The topological polar surface area (TPSA) is 54.0 Å². The van der Waals surface area contributed by atoms with Crippen LogP contribution in [-0.2, 0) is 6.18 Å². The van der Waals surface area contributed by atoms with E-state index < -0.39 is 23.2 Å². The molecule has 0 saturated carbocycles. The maximum atomic E-state index is 13.3. The van der Waals surface area contributed by atoms with Gasteiger partial charge in [-0.05, 0) is 30.2 Å². The van der Waals surface area contributed by atoms with Gasteiger partial charge in [0.2, 0.25) is 0 Å². The lowest BCUT2D eigenvalue weighted by molar-refractivity contribution is -0.137. The quantitative estimate of drug-likeness (QED) is 0.787. The summed E-state index contributed by atoms with van der Waals surface area (Å²) in [6, 6.07) is 7.31. The Hall–Kier alpha value is -2.28. The van der Waals surface area contributed by atoms with Crippen LogP contribution in [0, 0.1) is 5.92 Å². The summed E-state index contributed by atoms with van der Waals surface area (Å²) < 4.78 is 40.0. The largest absolute Gasteiger partial charge is 0.417 e. The molecule has 0 spiro atoms. The summed E-state index contributed by atoms with van der Waals surface area (Å²) >= 11 is 5.85. The summed E-state index contributed by atoms with van der Waals surface area (Å²) in [5, 5.41) is 5.65. The maximum absolute atomic E-state index is 13.3. The minimum Gasteiger partial charge on any atom is -0.352 e. The summed E-state index contributed by atoms with van der Waals surface area (Å²) in [6.45, 7) is 3.97. The lowest BCUT2D eigenvalue weighted by atomic mass is 10.1. The highest BCUT2D eigenvalue weighted by Gasteiger charge is 2.36. The van der Waals surface area contributed by atoms with Gasteiger partial charge in [-0.15, -0.1) is 0 Å². The van der Waals surface area contributed by atoms with E-state index in [-0.39, 0.29) is 18.3 Å². The van der Waals surface area contributed by atoms with Crippen LogP contribution in [-0.4, -0.2) is 17.4 Å². The van der Waals surface area contributed by atoms with Gasteiger partial charge in [0.05, 0.1) is 11.1 Å². The van der Waals surface area contributed by atoms with Crippen molar-refractivity contribution < 1.29 is 18.0 Å². The Bertz CT molecular complexity index is 763. The zero-order valence-electron chi connectivity index (χ0n) is 13.6. The van der Waals surface area contributed by atoms with Crippen molar-refractivity contribution in [3.63, 3.8) is 0 Å².